The first-order chi connectivity index (χ1) is 10.2. The summed E-state index contributed by atoms with van der Waals surface area (Å²) in [6, 6.07) is 13.1. The van der Waals surface area contributed by atoms with E-state index >= 15 is 0 Å². The third kappa shape index (κ3) is 3.48. The van der Waals surface area contributed by atoms with E-state index in [1.807, 2.05) is 12.1 Å². The monoisotopic (exact) mass is 304 g/mol. The zero-order valence-electron chi connectivity index (χ0n) is 11.8. The van der Waals surface area contributed by atoms with Gasteiger partial charge in [-0.1, -0.05) is 23.7 Å². The van der Waals surface area contributed by atoms with E-state index in [1.165, 1.54) is 24.6 Å². The maximum absolute atomic E-state index is 13.7. The second-order valence-corrected chi connectivity index (χ2v) is 5.77. The van der Waals surface area contributed by atoms with Gasteiger partial charge in [-0.3, -0.25) is 0 Å². The SMILES string of the molecule is Fc1cc(Cl)ccc1CNc1cccc(N2CCCC2)c1. The van der Waals surface area contributed by atoms with Crippen molar-refractivity contribution in [2.24, 2.45) is 0 Å². The van der Waals surface area contributed by atoms with Gasteiger partial charge in [-0.2, -0.15) is 0 Å². The Labute approximate surface area is 129 Å². The fraction of sp³-hybridized carbons (Fsp3) is 0.294. The molecule has 0 radical (unpaired) electrons. The minimum atomic E-state index is -0.273. The van der Waals surface area contributed by atoms with Gasteiger partial charge in [0.05, 0.1) is 0 Å². The molecular weight excluding hydrogens is 287 g/mol. The predicted octanol–water partition coefficient (Wildman–Crippen LogP) is 4.69. The van der Waals surface area contributed by atoms with Crippen LogP contribution in [-0.4, -0.2) is 13.1 Å². The molecule has 0 aliphatic carbocycles. The molecule has 0 bridgehead atoms. The Bertz CT molecular complexity index is 624. The maximum atomic E-state index is 13.7. The number of hydrogen-bond donors (Lipinski definition) is 1. The van der Waals surface area contributed by atoms with Gasteiger partial charge in [0.2, 0.25) is 0 Å². The molecule has 0 amide bonds. The molecular formula is C17H18ClFN2. The van der Waals surface area contributed by atoms with Crippen LogP contribution in [0.15, 0.2) is 42.5 Å². The summed E-state index contributed by atoms with van der Waals surface area (Å²) in [5, 5.41) is 3.70. The molecule has 0 atom stereocenters. The van der Waals surface area contributed by atoms with Crippen LogP contribution in [0.25, 0.3) is 0 Å². The number of anilines is 2. The van der Waals surface area contributed by atoms with Crippen LogP contribution in [0.4, 0.5) is 15.8 Å². The van der Waals surface area contributed by atoms with Crippen LogP contribution >= 0.6 is 11.6 Å². The van der Waals surface area contributed by atoms with Crippen molar-refractivity contribution >= 4 is 23.0 Å². The zero-order valence-corrected chi connectivity index (χ0v) is 12.5. The molecule has 110 valence electrons. The van der Waals surface area contributed by atoms with Crippen molar-refractivity contribution in [2.45, 2.75) is 19.4 Å². The molecule has 1 aliphatic heterocycles. The van der Waals surface area contributed by atoms with E-state index in [0.717, 1.165) is 18.8 Å². The molecule has 0 unspecified atom stereocenters. The number of benzene rings is 2. The number of nitrogens with zero attached hydrogens (tertiary/aromatic N) is 1. The third-order valence-corrected chi connectivity index (χ3v) is 4.05. The Morgan fingerprint density at radius 3 is 2.67 bits per heavy atom. The summed E-state index contributed by atoms with van der Waals surface area (Å²) < 4.78 is 13.7. The lowest BCUT2D eigenvalue weighted by atomic mass is 10.2. The van der Waals surface area contributed by atoms with Crippen molar-refractivity contribution < 1.29 is 4.39 Å². The Kier molecular flexibility index (Phi) is 4.30. The van der Waals surface area contributed by atoms with Crippen LogP contribution in [-0.2, 0) is 6.54 Å². The molecule has 1 fully saturated rings. The summed E-state index contributed by atoms with van der Waals surface area (Å²) in [4.78, 5) is 2.38. The number of halogens is 2. The van der Waals surface area contributed by atoms with Gasteiger partial charge >= 0.3 is 0 Å². The second kappa shape index (κ2) is 6.35. The van der Waals surface area contributed by atoms with Crippen molar-refractivity contribution in [3.63, 3.8) is 0 Å². The first-order valence-electron chi connectivity index (χ1n) is 7.25. The molecule has 2 nitrogen and oxygen atoms in total. The van der Waals surface area contributed by atoms with Crippen molar-refractivity contribution in [3.8, 4) is 0 Å². The van der Waals surface area contributed by atoms with E-state index in [0.29, 0.717) is 17.1 Å². The van der Waals surface area contributed by atoms with E-state index in [1.54, 1.807) is 12.1 Å². The lowest BCUT2D eigenvalue weighted by Gasteiger charge is -2.18. The van der Waals surface area contributed by atoms with Gasteiger partial charge in [-0.05, 0) is 43.2 Å². The van der Waals surface area contributed by atoms with Gasteiger partial charge in [0.1, 0.15) is 5.82 Å². The average molecular weight is 305 g/mol. The average Bonchev–Trinajstić information content (AvgIpc) is 3.01. The smallest absolute Gasteiger partial charge is 0.129 e. The van der Waals surface area contributed by atoms with Crippen LogP contribution in [0.1, 0.15) is 18.4 Å². The van der Waals surface area contributed by atoms with E-state index in [-0.39, 0.29) is 5.82 Å². The molecule has 21 heavy (non-hydrogen) atoms. The highest BCUT2D eigenvalue weighted by Crippen LogP contribution is 2.24. The first-order valence-corrected chi connectivity index (χ1v) is 7.63. The summed E-state index contributed by atoms with van der Waals surface area (Å²) in [6.45, 7) is 2.69. The zero-order chi connectivity index (χ0) is 14.7. The van der Waals surface area contributed by atoms with Crippen molar-refractivity contribution in [3.05, 3.63) is 58.9 Å². The third-order valence-electron chi connectivity index (χ3n) is 3.82. The van der Waals surface area contributed by atoms with Crippen LogP contribution < -0.4 is 10.2 Å². The summed E-state index contributed by atoms with van der Waals surface area (Å²) in [5.74, 6) is -0.273. The Morgan fingerprint density at radius 2 is 1.90 bits per heavy atom. The van der Waals surface area contributed by atoms with E-state index in [4.69, 9.17) is 11.6 Å². The molecule has 0 spiro atoms. The molecule has 1 saturated heterocycles. The Morgan fingerprint density at radius 1 is 1.10 bits per heavy atom. The molecule has 1 aliphatic rings. The van der Waals surface area contributed by atoms with Gasteiger partial charge in [0.15, 0.2) is 0 Å². The van der Waals surface area contributed by atoms with E-state index in [9.17, 15) is 4.39 Å². The molecule has 0 saturated carbocycles. The van der Waals surface area contributed by atoms with Crippen LogP contribution in [0.2, 0.25) is 5.02 Å². The van der Waals surface area contributed by atoms with Crippen molar-refractivity contribution in [2.75, 3.05) is 23.3 Å². The first kappa shape index (κ1) is 14.2. The highest BCUT2D eigenvalue weighted by molar-refractivity contribution is 6.30. The summed E-state index contributed by atoms with van der Waals surface area (Å²) >= 11 is 5.76. The second-order valence-electron chi connectivity index (χ2n) is 5.33. The fourth-order valence-electron chi connectivity index (χ4n) is 2.65. The Hall–Kier alpha value is -1.74. The molecule has 3 rings (SSSR count). The maximum Gasteiger partial charge on any atom is 0.129 e. The lowest BCUT2D eigenvalue weighted by Crippen LogP contribution is -2.17. The minimum Gasteiger partial charge on any atom is -0.381 e. The summed E-state index contributed by atoms with van der Waals surface area (Å²) in [5.41, 5.74) is 2.86. The van der Waals surface area contributed by atoms with Gasteiger partial charge in [0, 0.05) is 41.6 Å². The van der Waals surface area contributed by atoms with Crippen molar-refractivity contribution in [1.82, 2.24) is 0 Å². The molecule has 1 heterocycles. The van der Waals surface area contributed by atoms with Crippen LogP contribution in [0.5, 0.6) is 0 Å². The van der Waals surface area contributed by atoms with Crippen LogP contribution in [0, 0.1) is 5.82 Å². The fourth-order valence-corrected chi connectivity index (χ4v) is 2.81. The topological polar surface area (TPSA) is 15.3 Å². The van der Waals surface area contributed by atoms with Gasteiger partial charge in [0.25, 0.3) is 0 Å². The highest BCUT2D eigenvalue weighted by Gasteiger charge is 2.12. The molecule has 1 N–H and O–H groups in total. The normalized spacial score (nSPS) is 14.5. The number of hydrogen-bond acceptors (Lipinski definition) is 2. The molecule has 2 aromatic rings. The molecule has 4 heteroatoms. The van der Waals surface area contributed by atoms with Crippen molar-refractivity contribution in [1.29, 1.82) is 0 Å². The largest absolute Gasteiger partial charge is 0.381 e. The molecule has 2 aromatic carbocycles. The summed E-state index contributed by atoms with van der Waals surface area (Å²) in [6.07, 6.45) is 2.52. The van der Waals surface area contributed by atoms with E-state index in [2.05, 4.69) is 22.3 Å². The van der Waals surface area contributed by atoms with Gasteiger partial charge < -0.3 is 10.2 Å². The standard InChI is InChI=1S/C17H18ClFN2/c18-14-7-6-13(17(19)10-14)12-20-15-4-3-5-16(11-15)21-8-1-2-9-21/h3-7,10-11,20H,1-2,8-9,12H2. The molecule has 0 aromatic heterocycles. The number of rotatable bonds is 4. The lowest BCUT2D eigenvalue weighted by molar-refractivity contribution is 0.613. The highest BCUT2D eigenvalue weighted by atomic mass is 35.5. The quantitative estimate of drug-likeness (QED) is 0.881. The predicted molar refractivity (Wildman–Crippen MR) is 86.6 cm³/mol. The van der Waals surface area contributed by atoms with Crippen LogP contribution in [0.3, 0.4) is 0 Å². The Balaban J connectivity index is 1.68. The van der Waals surface area contributed by atoms with Gasteiger partial charge in [-0.15, -0.1) is 0 Å². The van der Waals surface area contributed by atoms with E-state index < -0.39 is 0 Å². The summed E-state index contributed by atoms with van der Waals surface area (Å²) in [7, 11) is 0. The number of nitrogens with one attached hydrogen (secondary N) is 1. The van der Waals surface area contributed by atoms with Gasteiger partial charge in [-0.25, -0.2) is 4.39 Å². The minimum absolute atomic E-state index is 0.273.